The first-order valence-corrected chi connectivity index (χ1v) is 11.4. The van der Waals surface area contributed by atoms with Crippen LogP contribution in [0.3, 0.4) is 0 Å². The second-order valence-electron chi connectivity index (χ2n) is 7.12. The van der Waals surface area contributed by atoms with Crippen LogP contribution in [0.5, 0.6) is 5.75 Å². The Labute approximate surface area is 190 Å². The fraction of sp³-hybridized carbons (Fsp3) is 0.174. The number of rotatable bonds is 10. The van der Waals surface area contributed by atoms with E-state index >= 15 is 0 Å². The third kappa shape index (κ3) is 8.00. The molecule has 0 aliphatic rings. The zero-order chi connectivity index (χ0) is 23.8. The van der Waals surface area contributed by atoms with Crippen LogP contribution < -0.4 is 10.1 Å². The van der Waals surface area contributed by atoms with Gasteiger partial charge in [0, 0.05) is 12.2 Å². The molecule has 0 bridgehead atoms. The lowest BCUT2D eigenvalue weighted by Crippen LogP contribution is -2.09. The molecule has 0 heterocycles. The number of hydrogen-bond acceptors (Lipinski definition) is 6. The van der Waals surface area contributed by atoms with Gasteiger partial charge in [-0.1, -0.05) is 30.3 Å². The van der Waals surface area contributed by atoms with E-state index in [2.05, 4.69) is 9.84 Å². The number of phosphoric acid groups is 1. The van der Waals surface area contributed by atoms with E-state index in [4.69, 9.17) is 19.3 Å². The molecule has 0 unspecified atom stereocenters. The quantitative estimate of drug-likeness (QED) is 0.222. The van der Waals surface area contributed by atoms with E-state index in [-0.39, 0.29) is 11.4 Å². The Kier molecular flexibility index (Phi) is 8.19. The van der Waals surface area contributed by atoms with Crippen molar-refractivity contribution in [2.75, 3.05) is 12.1 Å². The van der Waals surface area contributed by atoms with E-state index in [0.717, 1.165) is 22.4 Å². The van der Waals surface area contributed by atoms with E-state index < -0.39 is 20.6 Å². The minimum absolute atomic E-state index is 0.204. The fourth-order valence-electron chi connectivity index (χ4n) is 2.92. The van der Waals surface area contributed by atoms with Crippen LogP contribution in [0, 0.1) is 12.7 Å². The number of carbonyl (C=O) groups excluding carboxylic acids is 1. The van der Waals surface area contributed by atoms with Crippen LogP contribution >= 0.6 is 7.82 Å². The number of ether oxygens (including phenoxy) is 2. The molecule has 3 N–H and O–H groups in total. The first-order chi connectivity index (χ1) is 15.7. The summed E-state index contributed by atoms with van der Waals surface area (Å²) in [7, 11) is -4.71. The van der Waals surface area contributed by atoms with Gasteiger partial charge in [0.15, 0.2) is 0 Å². The standard InChI is InChI=1S/C23H23FNO7P/c1-16-11-18(7-10-22(16)30-14-17-5-8-20(24)9-6-17)13-25-21-4-2-3-19(12-21)23(26)31-15-32-33(27,28)29/h2-12,25H,13-15H2,1H3,(H2,27,28,29). The van der Waals surface area contributed by atoms with Crippen molar-refractivity contribution in [3.8, 4) is 5.75 Å². The van der Waals surface area contributed by atoms with Gasteiger partial charge in [-0.3, -0.25) is 0 Å². The molecule has 0 aliphatic heterocycles. The van der Waals surface area contributed by atoms with Gasteiger partial charge in [-0.2, -0.15) is 0 Å². The summed E-state index contributed by atoms with van der Waals surface area (Å²) in [5.41, 5.74) is 3.67. The highest BCUT2D eigenvalue weighted by molar-refractivity contribution is 7.46. The third-order valence-corrected chi connectivity index (χ3v) is 4.99. The third-order valence-electron chi connectivity index (χ3n) is 4.55. The maximum absolute atomic E-state index is 13.0. The Morgan fingerprint density at radius 2 is 1.76 bits per heavy atom. The summed E-state index contributed by atoms with van der Waals surface area (Å²) < 4.78 is 38.3. The summed E-state index contributed by atoms with van der Waals surface area (Å²) in [6.07, 6.45) is 0. The average molecular weight is 475 g/mol. The van der Waals surface area contributed by atoms with Crippen LogP contribution in [0.2, 0.25) is 0 Å². The molecular formula is C23H23FNO7P. The Hall–Kier alpha value is -3.23. The number of benzene rings is 3. The second kappa shape index (κ2) is 11.1. The summed E-state index contributed by atoms with van der Waals surface area (Å²) in [5.74, 6) is -0.334. The van der Waals surface area contributed by atoms with Crippen molar-refractivity contribution < 1.29 is 37.5 Å². The van der Waals surface area contributed by atoms with Crippen molar-refractivity contribution in [1.29, 1.82) is 0 Å². The summed E-state index contributed by atoms with van der Waals surface area (Å²) in [6, 6.07) is 18.4. The molecule has 0 aliphatic carbocycles. The molecule has 0 radical (unpaired) electrons. The number of halogens is 1. The zero-order valence-electron chi connectivity index (χ0n) is 17.7. The number of anilines is 1. The predicted molar refractivity (Wildman–Crippen MR) is 119 cm³/mol. The summed E-state index contributed by atoms with van der Waals surface area (Å²) in [4.78, 5) is 29.2. The minimum atomic E-state index is -4.71. The van der Waals surface area contributed by atoms with E-state index in [1.807, 2.05) is 25.1 Å². The number of aryl methyl sites for hydroxylation is 1. The number of hydrogen-bond donors (Lipinski definition) is 3. The second-order valence-corrected chi connectivity index (χ2v) is 8.36. The molecule has 10 heteroatoms. The van der Waals surface area contributed by atoms with Crippen LogP contribution in [-0.4, -0.2) is 22.5 Å². The SMILES string of the molecule is Cc1cc(CNc2cccc(C(=O)OCOP(=O)(O)O)c2)ccc1OCc1ccc(F)cc1. The Morgan fingerprint density at radius 1 is 1.03 bits per heavy atom. The smallest absolute Gasteiger partial charge is 0.472 e. The van der Waals surface area contributed by atoms with Gasteiger partial charge < -0.3 is 24.6 Å². The normalized spacial score (nSPS) is 11.2. The molecule has 8 nitrogen and oxygen atoms in total. The summed E-state index contributed by atoms with van der Waals surface area (Å²) >= 11 is 0. The van der Waals surface area contributed by atoms with E-state index in [1.165, 1.54) is 18.2 Å². The highest BCUT2D eigenvalue weighted by Crippen LogP contribution is 2.35. The first-order valence-electron chi connectivity index (χ1n) is 9.87. The van der Waals surface area contributed by atoms with Gasteiger partial charge in [0.1, 0.15) is 18.2 Å². The number of esters is 1. The number of carbonyl (C=O) groups is 1. The van der Waals surface area contributed by atoms with Crippen molar-refractivity contribution in [2.24, 2.45) is 0 Å². The largest absolute Gasteiger partial charge is 0.489 e. The summed E-state index contributed by atoms with van der Waals surface area (Å²) in [5, 5.41) is 3.21. The molecule has 0 saturated heterocycles. The van der Waals surface area contributed by atoms with E-state index in [9.17, 15) is 13.8 Å². The molecule has 3 aromatic carbocycles. The topological polar surface area (TPSA) is 114 Å². The lowest BCUT2D eigenvalue weighted by Gasteiger charge is -2.12. The molecule has 0 atom stereocenters. The van der Waals surface area contributed by atoms with Crippen LogP contribution in [0.4, 0.5) is 10.1 Å². The van der Waals surface area contributed by atoms with E-state index in [0.29, 0.717) is 18.8 Å². The van der Waals surface area contributed by atoms with Gasteiger partial charge in [0.05, 0.1) is 5.56 Å². The minimum Gasteiger partial charge on any atom is -0.489 e. The number of phosphoric ester groups is 1. The Morgan fingerprint density at radius 3 is 2.45 bits per heavy atom. The van der Waals surface area contributed by atoms with Gasteiger partial charge in [-0.05, 0) is 60.0 Å². The highest BCUT2D eigenvalue weighted by Gasteiger charge is 2.16. The van der Waals surface area contributed by atoms with Crippen molar-refractivity contribution in [3.63, 3.8) is 0 Å². The molecule has 0 amide bonds. The number of nitrogens with one attached hydrogen (secondary N) is 1. The molecule has 0 spiro atoms. The Balaban J connectivity index is 1.53. The zero-order valence-corrected chi connectivity index (χ0v) is 18.6. The van der Waals surface area contributed by atoms with Crippen molar-refractivity contribution in [3.05, 3.63) is 94.8 Å². The van der Waals surface area contributed by atoms with Crippen LogP contribution in [0.15, 0.2) is 66.7 Å². The molecule has 33 heavy (non-hydrogen) atoms. The summed E-state index contributed by atoms with van der Waals surface area (Å²) in [6.45, 7) is 1.90. The van der Waals surface area contributed by atoms with Crippen molar-refractivity contribution in [1.82, 2.24) is 0 Å². The van der Waals surface area contributed by atoms with E-state index in [1.54, 1.807) is 30.3 Å². The van der Waals surface area contributed by atoms with Gasteiger partial charge in [-0.25, -0.2) is 18.3 Å². The maximum atomic E-state index is 13.0. The van der Waals surface area contributed by atoms with Crippen molar-refractivity contribution in [2.45, 2.75) is 20.1 Å². The van der Waals surface area contributed by atoms with Crippen molar-refractivity contribution >= 4 is 19.5 Å². The molecule has 0 saturated carbocycles. The highest BCUT2D eigenvalue weighted by atomic mass is 31.2. The van der Waals surface area contributed by atoms with Gasteiger partial charge in [0.25, 0.3) is 0 Å². The van der Waals surface area contributed by atoms with Gasteiger partial charge >= 0.3 is 13.8 Å². The van der Waals surface area contributed by atoms with Crippen LogP contribution in [0.1, 0.15) is 27.0 Å². The average Bonchev–Trinajstić information content (AvgIpc) is 2.77. The Bertz CT molecular complexity index is 1150. The predicted octanol–water partition coefficient (Wildman–Crippen LogP) is 4.55. The lowest BCUT2D eigenvalue weighted by atomic mass is 10.1. The van der Waals surface area contributed by atoms with Crippen LogP contribution in [-0.2, 0) is 27.0 Å². The first kappa shape index (κ1) is 24.4. The molecule has 0 aromatic heterocycles. The molecule has 3 rings (SSSR count). The van der Waals surface area contributed by atoms with Gasteiger partial charge in [-0.15, -0.1) is 0 Å². The maximum Gasteiger partial charge on any atom is 0.472 e. The fourth-order valence-corrected chi connectivity index (χ4v) is 3.11. The molecule has 174 valence electrons. The van der Waals surface area contributed by atoms with Gasteiger partial charge in [0.2, 0.25) is 6.79 Å². The molecule has 3 aromatic rings. The molecule has 0 fully saturated rings. The van der Waals surface area contributed by atoms with Crippen LogP contribution in [0.25, 0.3) is 0 Å². The lowest BCUT2D eigenvalue weighted by molar-refractivity contribution is 0.00651. The monoisotopic (exact) mass is 475 g/mol. The molecular weight excluding hydrogens is 452 g/mol.